The lowest BCUT2D eigenvalue weighted by molar-refractivity contribution is 0.471. The lowest BCUT2D eigenvalue weighted by Crippen LogP contribution is -1.93. The van der Waals surface area contributed by atoms with Gasteiger partial charge in [0, 0.05) is 22.4 Å². The highest BCUT2D eigenvalue weighted by molar-refractivity contribution is 9.10. The fourth-order valence-corrected chi connectivity index (χ4v) is 4.32. The van der Waals surface area contributed by atoms with Crippen molar-refractivity contribution in [3.8, 4) is 17.2 Å². The maximum Gasteiger partial charge on any atom is 0.227 e. The number of aromatic hydroxyl groups is 1. The monoisotopic (exact) mass is 534 g/mol. The number of hydrogen-bond donors (Lipinski definition) is 1. The minimum absolute atomic E-state index is 0.104. The quantitative estimate of drug-likeness (QED) is 0.231. The smallest absolute Gasteiger partial charge is 0.227 e. The normalized spacial score (nSPS) is 11.5. The van der Waals surface area contributed by atoms with Gasteiger partial charge >= 0.3 is 0 Å². The maximum atomic E-state index is 13.2. The van der Waals surface area contributed by atoms with Gasteiger partial charge in [0.1, 0.15) is 17.1 Å². The molecule has 34 heavy (non-hydrogen) atoms. The Balaban J connectivity index is 1.43. The summed E-state index contributed by atoms with van der Waals surface area (Å²) < 4.78 is 19.6. The average Bonchev–Trinajstić information content (AvgIpc) is 3.26. The first kappa shape index (κ1) is 22.3. The zero-order valence-corrected chi connectivity index (χ0v) is 20.0. The third-order valence-electron chi connectivity index (χ3n) is 5.32. The van der Waals surface area contributed by atoms with Crippen molar-refractivity contribution in [1.29, 1.82) is 0 Å². The largest absolute Gasteiger partial charge is 0.506 e. The average molecular weight is 536 g/mol. The summed E-state index contributed by atoms with van der Waals surface area (Å²) in [5, 5.41) is 11.2. The third kappa shape index (κ3) is 4.74. The summed E-state index contributed by atoms with van der Waals surface area (Å²) >= 11 is 9.73. The molecule has 0 aliphatic rings. The summed E-state index contributed by atoms with van der Waals surface area (Å²) in [6.45, 7) is 0. The molecule has 0 saturated heterocycles. The number of aromatic nitrogens is 1. The van der Waals surface area contributed by atoms with Crippen molar-refractivity contribution in [1.82, 2.24) is 4.98 Å². The number of aliphatic imine (C=N–C) groups is 1. The zero-order chi connectivity index (χ0) is 23.7. The van der Waals surface area contributed by atoms with Gasteiger partial charge in [-0.3, -0.25) is 4.99 Å². The van der Waals surface area contributed by atoms with Gasteiger partial charge in [-0.1, -0.05) is 29.8 Å². The highest BCUT2D eigenvalue weighted by Gasteiger charge is 2.11. The van der Waals surface area contributed by atoms with Crippen molar-refractivity contribution in [3.05, 3.63) is 111 Å². The van der Waals surface area contributed by atoms with E-state index in [0.29, 0.717) is 49.7 Å². The Bertz CT molecular complexity index is 1530. The number of nitrogens with zero attached hydrogens (tertiary/aromatic N) is 2. The Kier molecular flexibility index (Phi) is 6.18. The Morgan fingerprint density at radius 1 is 1.03 bits per heavy atom. The van der Waals surface area contributed by atoms with Gasteiger partial charge in [-0.2, -0.15) is 0 Å². The Morgan fingerprint density at radius 2 is 1.82 bits per heavy atom. The second-order valence-corrected chi connectivity index (χ2v) is 8.98. The summed E-state index contributed by atoms with van der Waals surface area (Å²) in [5.41, 5.74) is 5.13. The maximum absolute atomic E-state index is 13.2. The zero-order valence-electron chi connectivity index (χ0n) is 17.7. The van der Waals surface area contributed by atoms with Gasteiger partial charge in [0.25, 0.3) is 0 Å². The highest BCUT2D eigenvalue weighted by Crippen LogP contribution is 2.32. The molecule has 4 aromatic carbocycles. The number of phenolic OH excluding ortho intramolecular Hbond substituents is 1. The van der Waals surface area contributed by atoms with Crippen LogP contribution >= 0.6 is 27.5 Å². The standard InChI is InChI=1S/C27H17BrClFN2O2/c28-22-13-16(11-18-3-1-2-4-23(18)29)12-19(26(22)33)15-31-21-9-10-25-24(14-21)32-27(34-25)17-5-7-20(30)8-6-17/h1-10,12-15,33H,11H2. The number of hydrogen-bond acceptors (Lipinski definition) is 4. The molecule has 1 aromatic heterocycles. The molecule has 0 amide bonds. The van der Waals surface area contributed by atoms with E-state index in [2.05, 4.69) is 25.9 Å². The fourth-order valence-electron chi connectivity index (χ4n) is 3.60. The summed E-state index contributed by atoms with van der Waals surface area (Å²) in [4.78, 5) is 9.02. The van der Waals surface area contributed by atoms with E-state index in [1.54, 1.807) is 36.5 Å². The van der Waals surface area contributed by atoms with Crippen LogP contribution in [0, 0.1) is 5.82 Å². The molecule has 0 unspecified atom stereocenters. The minimum Gasteiger partial charge on any atom is -0.506 e. The van der Waals surface area contributed by atoms with E-state index in [1.807, 2.05) is 36.4 Å². The van der Waals surface area contributed by atoms with Gasteiger partial charge < -0.3 is 9.52 Å². The van der Waals surface area contributed by atoms with Crippen LogP contribution in [-0.4, -0.2) is 16.3 Å². The molecule has 0 aliphatic heterocycles. The van der Waals surface area contributed by atoms with Crippen LogP contribution in [0.5, 0.6) is 5.75 Å². The number of benzene rings is 4. The molecule has 1 N–H and O–H groups in total. The molecule has 1 heterocycles. The van der Waals surface area contributed by atoms with Crippen LogP contribution in [0.25, 0.3) is 22.6 Å². The van der Waals surface area contributed by atoms with E-state index in [4.69, 9.17) is 16.0 Å². The van der Waals surface area contributed by atoms with E-state index in [-0.39, 0.29) is 11.6 Å². The highest BCUT2D eigenvalue weighted by atomic mass is 79.9. The Hall–Kier alpha value is -3.48. The third-order valence-corrected chi connectivity index (χ3v) is 6.29. The predicted octanol–water partition coefficient (Wildman–Crippen LogP) is 8.10. The molecule has 0 bridgehead atoms. The van der Waals surface area contributed by atoms with Crippen molar-refractivity contribution in [2.45, 2.75) is 6.42 Å². The van der Waals surface area contributed by atoms with Crippen LogP contribution in [-0.2, 0) is 6.42 Å². The summed E-state index contributed by atoms with van der Waals surface area (Å²) in [6.07, 6.45) is 2.23. The summed E-state index contributed by atoms with van der Waals surface area (Å²) in [7, 11) is 0. The molecule has 0 saturated carbocycles. The van der Waals surface area contributed by atoms with E-state index < -0.39 is 0 Å². The van der Waals surface area contributed by atoms with Crippen molar-refractivity contribution in [3.63, 3.8) is 0 Å². The lowest BCUT2D eigenvalue weighted by atomic mass is 10.0. The number of fused-ring (bicyclic) bond motifs is 1. The first-order valence-electron chi connectivity index (χ1n) is 10.4. The SMILES string of the molecule is Oc1c(Br)cc(Cc2ccccc2Cl)cc1C=Nc1ccc2oc(-c3ccc(F)cc3)nc2c1. The Labute approximate surface area is 208 Å². The molecule has 5 rings (SSSR count). The number of phenols is 1. The van der Waals surface area contributed by atoms with E-state index >= 15 is 0 Å². The molecule has 0 aliphatic carbocycles. The molecule has 0 spiro atoms. The number of oxazole rings is 1. The minimum atomic E-state index is -0.317. The van der Waals surface area contributed by atoms with Gasteiger partial charge in [0.15, 0.2) is 5.58 Å². The molecule has 0 fully saturated rings. The molecule has 4 nitrogen and oxygen atoms in total. The molecule has 5 aromatic rings. The van der Waals surface area contributed by atoms with Crippen molar-refractivity contribution in [2.75, 3.05) is 0 Å². The first-order chi connectivity index (χ1) is 16.5. The summed E-state index contributed by atoms with van der Waals surface area (Å²) in [6, 6.07) is 22.8. The van der Waals surface area contributed by atoms with Crippen LogP contribution in [0.15, 0.2) is 92.7 Å². The van der Waals surface area contributed by atoms with Crippen LogP contribution < -0.4 is 0 Å². The molecule has 168 valence electrons. The van der Waals surface area contributed by atoms with Crippen molar-refractivity contribution >= 4 is 50.5 Å². The first-order valence-corrected chi connectivity index (χ1v) is 11.6. The second kappa shape index (κ2) is 9.41. The molecule has 0 atom stereocenters. The van der Waals surface area contributed by atoms with E-state index in [1.165, 1.54) is 12.1 Å². The van der Waals surface area contributed by atoms with Gasteiger partial charge in [0.2, 0.25) is 5.89 Å². The lowest BCUT2D eigenvalue weighted by Gasteiger charge is -2.08. The van der Waals surface area contributed by atoms with Crippen LogP contribution in [0.2, 0.25) is 5.02 Å². The van der Waals surface area contributed by atoms with Gasteiger partial charge in [-0.15, -0.1) is 0 Å². The molecular weight excluding hydrogens is 519 g/mol. The summed E-state index contributed by atoms with van der Waals surface area (Å²) in [5.74, 6) is 0.194. The predicted molar refractivity (Wildman–Crippen MR) is 137 cm³/mol. The Morgan fingerprint density at radius 3 is 2.62 bits per heavy atom. The van der Waals surface area contributed by atoms with Gasteiger partial charge in [-0.05, 0) is 94.1 Å². The molecule has 7 heteroatoms. The van der Waals surface area contributed by atoms with E-state index in [9.17, 15) is 9.50 Å². The van der Waals surface area contributed by atoms with E-state index in [0.717, 1.165) is 11.1 Å². The topological polar surface area (TPSA) is 58.6 Å². The fraction of sp³-hybridized carbons (Fsp3) is 0.0370. The van der Waals surface area contributed by atoms with Crippen LogP contribution in [0.3, 0.4) is 0 Å². The van der Waals surface area contributed by atoms with Gasteiger partial charge in [0.05, 0.1) is 10.2 Å². The van der Waals surface area contributed by atoms with Crippen molar-refractivity contribution in [2.24, 2.45) is 4.99 Å². The molecular formula is C27H17BrClFN2O2. The van der Waals surface area contributed by atoms with Crippen LogP contribution in [0.1, 0.15) is 16.7 Å². The van der Waals surface area contributed by atoms with Crippen LogP contribution in [0.4, 0.5) is 10.1 Å². The number of rotatable bonds is 5. The van der Waals surface area contributed by atoms with Crippen molar-refractivity contribution < 1.29 is 13.9 Å². The number of halogens is 3. The molecule has 0 radical (unpaired) electrons. The van der Waals surface area contributed by atoms with Gasteiger partial charge in [-0.25, -0.2) is 9.37 Å². The second-order valence-electron chi connectivity index (χ2n) is 7.72.